The normalized spacial score (nSPS) is 10.5. The SMILES string of the molecule is CC(C)CN(CC(N)=O)C(=O)c1ccc(N)cc1N. The van der Waals surface area contributed by atoms with Crippen LogP contribution in [0, 0.1) is 5.92 Å². The molecule has 0 bridgehead atoms. The van der Waals surface area contributed by atoms with Gasteiger partial charge in [-0.1, -0.05) is 13.8 Å². The maximum absolute atomic E-state index is 12.3. The van der Waals surface area contributed by atoms with Gasteiger partial charge in [0.25, 0.3) is 5.91 Å². The fourth-order valence-electron chi connectivity index (χ4n) is 1.79. The number of amides is 2. The van der Waals surface area contributed by atoms with Crippen molar-refractivity contribution in [1.29, 1.82) is 0 Å². The van der Waals surface area contributed by atoms with Crippen molar-refractivity contribution in [2.75, 3.05) is 24.6 Å². The largest absolute Gasteiger partial charge is 0.399 e. The molecule has 0 aliphatic rings. The standard InChI is InChI=1S/C13H20N4O2/c1-8(2)6-17(7-12(16)18)13(19)10-4-3-9(14)5-11(10)15/h3-5,8H,6-7,14-15H2,1-2H3,(H2,16,18). The van der Waals surface area contributed by atoms with Crippen molar-refractivity contribution < 1.29 is 9.59 Å². The average Bonchev–Trinajstić information content (AvgIpc) is 2.26. The maximum atomic E-state index is 12.3. The molecule has 1 aromatic carbocycles. The summed E-state index contributed by atoms with van der Waals surface area (Å²) in [6, 6.07) is 4.67. The first kappa shape index (κ1) is 14.8. The second kappa shape index (κ2) is 6.08. The molecular formula is C13H20N4O2. The van der Waals surface area contributed by atoms with Crippen molar-refractivity contribution in [3.63, 3.8) is 0 Å². The second-order valence-electron chi connectivity index (χ2n) is 4.89. The van der Waals surface area contributed by atoms with Crippen LogP contribution in [0.5, 0.6) is 0 Å². The van der Waals surface area contributed by atoms with Crippen LogP contribution in [-0.4, -0.2) is 29.8 Å². The molecule has 1 rings (SSSR count). The minimum atomic E-state index is -0.553. The van der Waals surface area contributed by atoms with Gasteiger partial charge in [-0.05, 0) is 24.1 Å². The summed E-state index contributed by atoms with van der Waals surface area (Å²) in [6.07, 6.45) is 0. The van der Waals surface area contributed by atoms with Crippen LogP contribution in [0.1, 0.15) is 24.2 Å². The summed E-state index contributed by atoms with van der Waals surface area (Å²) in [5, 5.41) is 0. The molecule has 0 radical (unpaired) electrons. The Bertz CT molecular complexity index is 486. The van der Waals surface area contributed by atoms with Crippen LogP contribution in [0.3, 0.4) is 0 Å². The van der Waals surface area contributed by atoms with Crippen molar-refractivity contribution >= 4 is 23.2 Å². The third-order valence-electron chi connectivity index (χ3n) is 2.53. The lowest BCUT2D eigenvalue weighted by Gasteiger charge is -2.23. The zero-order valence-corrected chi connectivity index (χ0v) is 11.2. The summed E-state index contributed by atoms with van der Waals surface area (Å²) in [5.41, 5.74) is 17.6. The van der Waals surface area contributed by atoms with Gasteiger partial charge in [0.05, 0.1) is 12.1 Å². The number of benzene rings is 1. The fraction of sp³-hybridized carbons (Fsp3) is 0.385. The highest BCUT2D eigenvalue weighted by Crippen LogP contribution is 2.18. The molecule has 0 unspecified atom stereocenters. The molecule has 2 amide bonds. The number of nitrogens with zero attached hydrogens (tertiary/aromatic N) is 1. The van der Waals surface area contributed by atoms with Gasteiger partial charge >= 0.3 is 0 Å². The molecule has 19 heavy (non-hydrogen) atoms. The Balaban J connectivity index is 3.00. The summed E-state index contributed by atoms with van der Waals surface area (Å²) in [5.74, 6) is -0.647. The van der Waals surface area contributed by atoms with Gasteiger partial charge in [0.1, 0.15) is 0 Å². The molecule has 0 aromatic heterocycles. The van der Waals surface area contributed by atoms with Gasteiger partial charge in [-0.2, -0.15) is 0 Å². The smallest absolute Gasteiger partial charge is 0.256 e. The Labute approximate surface area is 112 Å². The lowest BCUT2D eigenvalue weighted by atomic mass is 10.1. The van der Waals surface area contributed by atoms with Crippen LogP contribution >= 0.6 is 0 Å². The molecule has 0 saturated carbocycles. The number of carbonyl (C=O) groups excluding carboxylic acids is 2. The van der Waals surface area contributed by atoms with E-state index in [0.29, 0.717) is 23.5 Å². The highest BCUT2D eigenvalue weighted by Gasteiger charge is 2.20. The van der Waals surface area contributed by atoms with Crippen molar-refractivity contribution in [3.8, 4) is 0 Å². The molecule has 6 heteroatoms. The molecule has 1 aromatic rings. The third-order valence-corrected chi connectivity index (χ3v) is 2.53. The van der Waals surface area contributed by atoms with E-state index >= 15 is 0 Å². The Morgan fingerprint density at radius 2 is 1.89 bits per heavy atom. The van der Waals surface area contributed by atoms with Gasteiger partial charge in [-0.15, -0.1) is 0 Å². The Morgan fingerprint density at radius 3 is 2.37 bits per heavy atom. The topological polar surface area (TPSA) is 115 Å². The zero-order valence-electron chi connectivity index (χ0n) is 11.2. The molecule has 0 aliphatic carbocycles. The summed E-state index contributed by atoms with van der Waals surface area (Å²) in [7, 11) is 0. The Hall–Kier alpha value is -2.24. The first-order valence-electron chi connectivity index (χ1n) is 6.03. The zero-order chi connectivity index (χ0) is 14.6. The van der Waals surface area contributed by atoms with Crippen LogP contribution in [0.25, 0.3) is 0 Å². The number of nitrogens with two attached hydrogens (primary N) is 3. The first-order chi connectivity index (χ1) is 8.81. The van der Waals surface area contributed by atoms with Crippen LogP contribution in [-0.2, 0) is 4.79 Å². The highest BCUT2D eigenvalue weighted by molar-refractivity contribution is 6.01. The van der Waals surface area contributed by atoms with Gasteiger partial charge < -0.3 is 22.1 Å². The first-order valence-corrected chi connectivity index (χ1v) is 6.03. The number of nitrogen functional groups attached to an aromatic ring is 2. The molecule has 0 saturated heterocycles. The van der Waals surface area contributed by atoms with E-state index in [2.05, 4.69) is 0 Å². The van der Waals surface area contributed by atoms with Gasteiger partial charge in [0.2, 0.25) is 5.91 Å². The van der Waals surface area contributed by atoms with E-state index in [0.717, 1.165) is 0 Å². The van der Waals surface area contributed by atoms with Crippen LogP contribution in [0.2, 0.25) is 0 Å². The van der Waals surface area contributed by atoms with Gasteiger partial charge in [0, 0.05) is 17.9 Å². The number of anilines is 2. The van der Waals surface area contributed by atoms with Crippen molar-refractivity contribution in [3.05, 3.63) is 23.8 Å². The number of hydrogen-bond acceptors (Lipinski definition) is 4. The lowest BCUT2D eigenvalue weighted by Crippen LogP contribution is -2.40. The minimum Gasteiger partial charge on any atom is -0.399 e. The number of primary amides is 1. The van der Waals surface area contributed by atoms with Crippen LogP contribution in [0.4, 0.5) is 11.4 Å². The van der Waals surface area contributed by atoms with Crippen LogP contribution in [0.15, 0.2) is 18.2 Å². The van der Waals surface area contributed by atoms with Crippen LogP contribution < -0.4 is 17.2 Å². The monoisotopic (exact) mass is 264 g/mol. The summed E-state index contributed by atoms with van der Waals surface area (Å²) in [4.78, 5) is 24.8. The van der Waals surface area contributed by atoms with Gasteiger partial charge in [-0.25, -0.2) is 0 Å². The fourth-order valence-corrected chi connectivity index (χ4v) is 1.79. The molecule has 0 heterocycles. The van der Waals surface area contributed by atoms with Crippen molar-refractivity contribution in [1.82, 2.24) is 4.90 Å². The highest BCUT2D eigenvalue weighted by atomic mass is 16.2. The predicted molar refractivity (Wildman–Crippen MR) is 75.2 cm³/mol. The lowest BCUT2D eigenvalue weighted by molar-refractivity contribution is -0.118. The Kier molecular flexibility index (Phi) is 4.74. The van der Waals surface area contributed by atoms with Gasteiger partial charge in [-0.3, -0.25) is 9.59 Å². The van der Waals surface area contributed by atoms with E-state index in [-0.39, 0.29) is 18.4 Å². The summed E-state index contributed by atoms with van der Waals surface area (Å²) in [6.45, 7) is 4.22. The third kappa shape index (κ3) is 4.17. The average molecular weight is 264 g/mol. The van der Waals surface area contributed by atoms with Crippen molar-refractivity contribution in [2.45, 2.75) is 13.8 Å². The quantitative estimate of drug-likeness (QED) is 0.669. The molecule has 6 N–H and O–H groups in total. The minimum absolute atomic E-state index is 0.124. The maximum Gasteiger partial charge on any atom is 0.256 e. The van der Waals surface area contributed by atoms with Crippen molar-refractivity contribution in [2.24, 2.45) is 11.7 Å². The molecule has 0 atom stereocenters. The molecular weight excluding hydrogens is 244 g/mol. The van der Waals surface area contributed by atoms with E-state index < -0.39 is 5.91 Å². The van der Waals surface area contributed by atoms with Gasteiger partial charge in [0.15, 0.2) is 0 Å². The predicted octanol–water partition coefficient (Wildman–Crippen LogP) is 0.435. The second-order valence-corrected chi connectivity index (χ2v) is 4.89. The summed E-state index contributed by atoms with van der Waals surface area (Å²) < 4.78 is 0. The molecule has 0 fully saturated rings. The number of rotatable bonds is 5. The number of carbonyl (C=O) groups is 2. The molecule has 0 aliphatic heterocycles. The van der Waals surface area contributed by atoms with E-state index in [1.54, 1.807) is 12.1 Å². The van der Waals surface area contributed by atoms with E-state index in [1.165, 1.54) is 11.0 Å². The molecule has 104 valence electrons. The number of hydrogen-bond donors (Lipinski definition) is 3. The van der Waals surface area contributed by atoms with E-state index in [4.69, 9.17) is 17.2 Å². The summed E-state index contributed by atoms with van der Waals surface area (Å²) >= 11 is 0. The van der Waals surface area contributed by atoms with E-state index in [9.17, 15) is 9.59 Å². The van der Waals surface area contributed by atoms with E-state index in [1.807, 2.05) is 13.8 Å². The molecule has 0 spiro atoms. The Morgan fingerprint density at radius 1 is 1.26 bits per heavy atom. The molecule has 6 nitrogen and oxygen atoms in total.